The molecular formula is C24H22N2O3S. The van der Waals surface area contributed by atoms with Gasteiger partial charge in [0.15, 0.2) is 4.80 Å². The zero-order chi connectivity index (χ0) is 21.1. The first-order chi connectivity index (χ1) is 14.7. The van der Waals surface area contributed by atoms with Gasteiger partial charge in [0.2, 0.25) is 0 Å². The van der Waals surface area contributed by atoms with Crippen LogP contribution in [0, 0.1) is 0 Å². The van der Waals surface area contributed by atoms with Crippen molar-refractivity contribution in [3.05, 3.63) is 77.6 Å². The van der Waals surface area contributed by atoms with Gasteiger partial charge in [0.05, 0.1) is 24.0 Å². The lowest BCUT2D eigenvalue weighted by Crippen LogP contribution is -2.17. The summed E-state index contributed by atoms with van der Waals surface area (Å²) in [5.74, 6) is 0.930. The van der Waals surface area contributed by atoms with Crippen LogP contribution in [-0.4, -0.2) is 24.2 Å². The molecule has 0 aliphatic rings. The van der Waals surface area contributed by atoms with Crippen LogP contribution in [0.2, 0.25) is 0 Å². The molecule has 1 amide bonds. The molecular weight excluding hydrogens is 396 g/mol. The van der Waals surface area contributed by atoms with Crippen molar-refractivity contribution < 1.29 is 14.3 Å². The summed E-state index contributed by atoms with van der Waals surface area (Å²) in [7, 11) is 1.56. The maximum absolute atomic E-state index is 13.2. The Kier molecular flexibility index (Phi) is 5.68. The summed E-state index contributed by atoms with van der Waals surface area (Å²) in [5.41, 5.74) is 1.35. The number of carbonyl (C=O) groups excluding carboxylic acids is 1. The van der Waals surface area contributed by atoms with E-state index >= 15 is 0 Å². The summed E-state index contributed by atoms with van der Waals surface area (Å²) in [6.45, 7) is 6.88. The molecule has 152 valence electrons. The van der Waals surface area contributed by atoms with E-state index in [0.29, 0.717) is 29.3 Å². The molecule has 0 N–H and O–H groups in total. The van der Waals surface area contributed by atoms with Crippen LogP contribution in [0.1, 0.15) is 17.3 Å². The van der Waals surface area contributed by atoms with E-state index in [4.69, 9.17) is 9.47 Å². The fourth-order valence-electron chi connectivity index (χ4n) is 3.46. The van der Waals surface area contributed by atoms with Crippen molar-refractivity contribution in [1.82, 2.24) is 4.57 Å². The third kappa shape index (κ3) is 3.62. The smallest absolute Gasteiger partial charge is 0.283 e. The van der Waals surface area contributed by atoms with Gasteiger partial charge in [0.25, 0.3) is 5.91 Å². The second-order valence-corrected chi connectivity index (χ2v) is 7.65. The molecule has 4 aromatic rings. The number of hydrogen-bond acceptors (Lipinski definition) is 4. The Morgan fingerprint density at radius 3 is 2.60 bits per heavy atom. The standard InChI is InChI=1S/C24H22N2O3S/c1-4-13-26-22-19(29-5-2)11-8-12-21(22)30-24(26)25-23(27)18-14-16-9-6-7-10-17(16)15-20(18)28-3/h4,6-12,14-15H,1,5,13H2,2-3H3. The number of carbonyl (C=O) groups is 1. The second-order valence-electron chi connectivity index (χ2n) is 6.64. The average molecular weight is 419 g/mol. The van der Waals surface area contributed by atoms with E-state index in [1.54, 1.807) is 13.2 Å². The fourth-order valence-corrected chi connectivity index (χ4v) is 4.51. The number of allylic oxidation sites excluding steroid dienone is 1. The van der Waals surface area contributed by atoms with Gasteiger partial charge < -0.3 is 14.0 Å². The van der Waals surface area contributed by atoms with Gasteiger partial charge in [-0.25, -0.2) is 0 Å². The summed E-state index contributed by atoms with van der Waals surface area (Å²) in [6.07, 6.45) is 1.79. The van der Waals surface area contributed by atoms with Gasteiger partial charge in [-0.2, -0.15) is 4.99 Å². The van der Waals surface area contributed by atoms with Crippen molar-refractivity contribution >= 4 is 38.2 Å². The molecule has 3 aromatic carbocycles. The molecule has 0 aliphatic carbocycles. The zero-order valence-electron chi connectivity index (χ0n) is 16.9. The first-order valence-electron chi connectivity index (χ1n) is 9.68. The molecule has 0 bridgehead atoms. The Balaban J connectivity index is 1.90. The number of fused-ring (bicyclic) bond motifs is 2. The first kappa shape index (κ1) is 19.9. The monoisotopic (exact) mass is 418 g/mol. The topological polar surface area (TPSA) is 52.8 Å². The average Bonchev–Trinajstić information content (AvgIpc) is 3.11. The van der Waals surface area contributed by atoms with Gasteiger partial charge in [-0.15, -0.1) is 6.58 Å². The second kappa shape index (κ2) is 8.55. The molecule has 5 nitrogen and oxygen atoms in total. The minimum atomic E-state index is -0.347. The number of hydrogen-bond donors (Lipinski definition) is 0. The maximum atomic E-state index is 13.2. The molecule has 4 rings (SSSR count). The normalized spacial score (nSPS) is 11.7. The van der Waals surface area contributed by atoms with Crippen LogP contribution in [0.25, 0.3) is 21.0 Å². The van der Waals surface area contributed by atoms with Crippen molar-refractivity contribution in [3.63, 3.8) is 0 Å². The minimum Gasteiger partial charge on any atom is -0.496 e. The predicted molar refractivity (Wildman–Crippen MR) is 122 cm³/mol. The zero-order valence-corrected chi connectivity index (χ0v) is 17.7. The van der Waals surface area contributed by atoms with Gasteiger partial charge in [-0.3, -0.25) is 4.79 Å². The molecule has 0 fully saturated rings. The number of rotatable bonds is 6. The number of nitrogens with zero attached hydrogens (tertiary/aromatic N) is 2. The van der Waals surface area contributed by atoms with Crippen molar-refractivity contribution in [2.45, 2.75) is 13.5 Å². The van der Waals surface area contributed by atoms with E-state index in [1.807, 2.05) is 66.1 Å². The van der Waals surface area contributed by atoms with Crippen LogP contribution in [0.4, 0.5) is 0 Å². The van der Waals surface area contributed by atoms with Gasteiger partial charge in [-0.05, 0) is 42.0 Å². The Bertz CT molecular complexity index is 1320. The third-order valence-electron chi connectivity index (χ3n) is 4.77. The minimum absolute atomic E-state index is 0.347. The number of benzene rings is 3. The summed E-state index contributed by atoms with van der Waals surface area (Å²) >= 11 is 1.45. The lowest BCUT2D eigenvalue weighted by Gasteiger charge is -2.09. The molecule has 6 heteroatoms. The molecule has 30 heavy (non-hydrogen) atoms. The Labute approximate surface area is 178 Å². The molecule has 0 saturated heterocycles. The Hall–Kier alpha value is -3.38. The summed E-state index contributed by atoms with van der Waals surface area (Å²) in [5, 5.41) is 1.97. The molecule has 0 saturated carbocycles. The number of aromatic nitrogens is 1. The highest BCUT2D eigenvalue weighted by molar-refractivity contribution is 7.16. The van der Waals surface area contributed by atoms with Crippen LogP contribution in [0.5, 0.6) is 11.5 Å². The Morgan fingerprint density at radius 2 is 1.90 bits per heavy atom. The number of amides is 1. The number of methoxy groups -OCH3 is 1. The molecule has 0 unspecified atom stereocenters. The number of para-hydroxylation sites is 1. The lowest BCUT2D eigenvalue weighted by atomic mass is 10.1. The van der Waals surface area contributed by atoms with E-state index < -0.39 is 0 Å². The van der Waals surface area contributed by atoms with E-state index in [9.17, 15) is 4.79 Å². The third-order valence-corrected chi connectivity index (χ3v) is 5.81. The predicted octanol–water partition coefficient (Wildman–Crippen LogP) is 5.19. The maximum Gasteiger partial charge on any atom is 0.283 e. The van der Waals surface area contributed by atoms with Crippen LogP contribution in [0.3, 0.4) is 0 Å². The summed E-state index contributed by atoms with van der Waals surface area (Å²) in [4.78, 5) is 18.2. The van der Waals surface area contributed by atoms with Crippen LogP contribution < -0.4 is 14.3 Å². The fraction of sp³-hybridized carbons (Fsp3) is 0.167. The molecule has 1 heterocycles. The van der Waals surface area contributed by atoms with Crippen molar-refractivity contribution in [3.8, 4) is 11.5 Å². The van der Waals surface area contributed by atoms with E-state index in [2.05, 4.69) is 11.6 Å². The highest BCUT2D eigenvalue weighted by atomic mass is 32.1. The number of thiazole rings is 1. The van der Waals surface area contributed by atoms with E-state index in [1.165, 1.54) is 11.3 Å². The van der Waals surface area contributed by atoms with Crippen LogP contribution in [0.15, 0.2) is 72.2 Å². The number of ether oxygens (including phenoxy) is 2. The summed E-state index contributed by atoms with van der Waals surface area (Å²) in [6, 6.07) is 17.4. The van der Waals surface area contributed by atoms with Crippen LogP contribution >= 0.6 is 11.3 Å². The highest BCUT2D eigenvalue weighted by Gasteiger charge is 2.16. The van der Waals surface area contributed by atoms with Crippen molar-refractivity contribution in [2.75, 3.05) is 13.7 Å². The van der Waals surface area contributed by atoms with Crippen molar-refractivity contribution in [1.29, 1.82) is 0 Å². The van der Waals surface area contributed by atoms with Gasteiger partial charge in [-0.1, -0.05) is 47.7 Å². The van der Waals surface area contributed by atoms with Crippen molar-refractivity contribution in [2.24, 2.45) is 4.99 Å². The highest BCUT2D eigenvalue weighted by Crippen LogP contribution is 2.29. The molecule has 0 radical (unpaired) electrons. The lowest BCUT2D eigenvalue weighted by molar-refractivity contribution is 0.0995. The molecule has 1 aromatic heterocycles. The first-order valence-corrected chi connectivity index (χ1v) is 10.5. The van der Waals surface area contributed by atoms with Gasteiger partial charge in [0, 0.05) is 6.54 Å². The molecule has 0 spiro atoms. The largest absolute Gasteiger partial charge is 0.496 e. The van der Waals surface area contributed by atoms with E-state index in [0.717, 1.165) is 26.7 Å². The molecule has 0 aliphatic heterocycles. The van der Waals surface area contributed by atoms with Gasteiger partial charge >= 0.3 is 0 Å². The SMILES string of the molecule is C=CCn1c(=NC(=O)c2cc3ccccc3cc2OC)sc2cccc(OCC)c21. The summed E-state index contributed by atoms with van der Waals surface area (Å²) < 4.78 is 14.2. The van der Waals surface area contributed by atoms with Gasteiger partial charge in [0.1, 0.15) is 17.0 Å². The van der Waals surface area contributed by atoms with E-state index in [-0.39, 0.29) is 5.91 Å². The molecule has 0 atom stereocenters. The van der Waals surface area contributed by atoms with Crippen LogP contribution in [-0.2, 0) is 6.54 Å². The quantitative estimate of drug-likeness (QED) is 0.405. The Morgan fingerprint density at radius 1 is 1.13 bits per heavy atom.